The molecule has 0 bridgehead atoms. The fourth-order valence-corrected chi connectivity index (χ4v) is 1.26. The lowest BCUT2D eigenvalue weighted by Gasteiger charge is -2.06. The molecule has 0 aliphatic heterocycles. The van der Waals surface area contributed by atoms with Crippen LogP contribution in [0.2, 0.25) is 0 Å². The number of nitrogens with two attached hydrogens (primary N) is 1. The van der Waals surface area contributed by atoms with E-state index >= 15 is 0 Å². The van der Waals surface area contributed by atoms with Crippen LogP contribution in [-0.4, -0.2) is 29.2 Å². The predicted molar refractivity (Wildman–Crippen MR) is 82.3 cm³/mol. The molecule has 20 heavy (non-hydrogen) atoms. The Morgan fingerprint density at radius 1 is 1.40 bits per heavy atom. The van der Waals surface area contributed by atoms with Gasteiger partial charge in [0.1, 0.15) is 0 Å². The van der Waals surface area contributed by atoms with Crippen LogP contribution in [0, 0.1) is 0 Å². The number of thiocarbonyl (C=S) groups is 1. The monoisotopic (exact) mass is 299 g/mol. The van der Waals surface area contributed by atoms with Crippen LogP contribution in [0.4, 0.5) is 0 Å². The fraction of sp³-hybridized carbons (Fsp3) is 0.538. The van der Waals surface area contributed by atoms with Crippen molar-refractivity contribution in [1.29, 1.82) is 0 Å². The van der Waals surface area contributed by atoms with Gasteiger partial charge in [-0.05, 0) is 38.6 Å². The third kappa shape index (κ3) is 9.21. The van der Waals surface area contributed by atoms with Crippen molar-refractivity contribution < 1.29 is 14.3 Å². The van der Waals surface area contributed by atoms with Gasteiger partial charge in [-0.15, -0.1) is 0 Å². The van der Waals surface area contributed by atoms with E-state index in [9.17, 15) is 9.59 Å². The number of carbonyl (C=O) groups is 2. The van der Waals surface area contributed by atoms with Gasteiger partial charge in [0, 0.05) is 0 Å². The van der Waals surface area contributed by atoms with E-state index < -0.39 is 5.97 Å². The van der Waals surface area contributed by atoms with Gasteiger partial charge in [0.15, 0.2) is 16.6 Å². The standard InChI is InChI=1S/C13H21N3O3S/c1-4-5-6-19-12(18)11(15-16-13(14)20)8-10(17)7-9(2)3/h7H,4-6,8H2,1-3H3,(H3,14,16,20)/b15-11-. The zero-order chi connectivity index (χ0) is 15.5. The minimum absolute atomic E-state index is 0.0450. The smallest absolute Gasteiger partial charge is 0.354 e. The summed E-state index contributed by atoms with van der Waals surface area (Å²) in [6.45, 7) is 5.86. The summed E-state index contributed by atoms with van der Waals surface area (Å²) in [4.78, 5) is 23.5. The number of hydrazone groups is 1. The van der Waals surface area contributed by atoms with E-state index in [4.69, 9.17) is 10.5 Å². The van der Waals surface area contributed by atoms with Crippen LogP contribution in [0.15, 0.2) is 16.8 Å². The molecule has 7 heteroatoms. The highest BCUT2D eigenvalue weighted by Crippen LogP contribution is 1.99. The zero-order valence-corrected chi connectivity index (χ0v) is 12.9. The first-order chi connectivity index (χ1) is 9.36. The number of rotatable bonds is 8. The summed E-state index contributed by atoms with van der Waals surface area (Å²) in [7, 11) is 0. The molecule has 0 saturated heterocycles. The highest BCUT2D eigenvalue weighted by Gasteiger charge is 2.16. The summed E-state index contributed by atoms with van der Waals surface area (Å²) in [5.41, 5.74) is 8.34. The van der Waals surface area contributed by atoms with Gasteiger partial charge in [0.25, 0.3) is 0 Å². The summed E-state index contributed by atoms with van der Waals surface area (Å²) in [6, 6.07) is 0. The second-order valence-corrected chi connectivity index (χ2v) is 4.83. The molecule has 112 valence electrons. The van der Waals surface area contributed by atoms with Crippen molar-refractivity contribution in [2.75, 3.05) is 6.61 Å². The highest BCUT2D eigenvalue weighted by molar-refractivity contribution is 7.80. The molecule has 0 aliphatic rings. The summed E-state index contributed by atoms with van der Waals surface area (Å²) in [6.07, 6.45) is 2.94. The summed E-state index contributed by atoms with van der Waals surface area (Å²) < 4.78 is 5.02. The van der Waals surface area contributed by atoms with Crippen molar-refractivity contribution in [3.05, 3.63) is 11.6 Å². The van der Waals surface area contributed by atoms with Crippen LogP contribution in [0.5, 0.6) is 0 Å². The number of carbonyl (C=O) groups excluding carboxylic acids is 2. The Bertz CT molecular complexity index is 427. The Morgan fingerprint density at radius 3 is 2.55 bits per heavy atom. The van der Waals surface area contributed by atoms with Gasteiger partial charge in [-0.2, -0.15) is 5.10 Å². The van der Waals surface area contributed by atoms with Crippen LogP contribution in [0.3, 0.4) is 0 Å². The molecular weight excluding hydrogens is 278 g/mol. The lowest BCUT2D eigenvalue weighted by molar-refractivity contribution is -0.136. The van der Waals surface area contributed by atoms with Crippen LogP contribution in [0.1, 0.15) is 40.0 Å². The Labute approximate surface area is 124 Å². The summed E-state index contributed by atoms with van der Waals surface area (Å²) in [5.74, 6) is -0.876. The summed E-state index contributed by atoms with van der Waals surface area (Å²) >= 11 is 4.60. The fourth-order valence-electron chi connectivity index (χ4n) is 1.21. The van der Waals surface area contributed by atoms with Crippen LogP contribution in [-0.2, 0) is 14.3 Å². The van der Waals surface area contributed by atoms with E-state index in [-0.39, 0.29) is 29.6 Å². The van der Waals surface area contributed by atoms with Crippen molar-refractivity contribution in [2.24, 2.45) is 10.8 Å². The van der Waals surface area contributed by atoms with Crippen molar-refractivity contribution in [3.8, 4) is 0 Å². The maximum absolute atomic E-state index is 11.8. The zero-order valence-electron chi connectivity index (χ0n) is 12.1. The molecule has 3 N–H and O–H groups in total. The molecular formula is C13H21N3O3S. The Morgan fingerprint density at radius 2 is 2.05 bits per heavy atom. The Balaban J connectivity index is 4.76. The largest absolute Gasteiger partial charge is 0.461 e. The average Bonchev–Trinajstić information content (AvgIpc) is 2.33. The molecule has 0 radical (unpaired) electrons. The molecule has 0 unspecified atom stereocenters. The van der Waals surface area contributed by atoms with E-state index in [2.05, 4.69) is 22.7 Å². The van der Waals surface area contributed by atoms with E-state index in [1.807, 2.05) is 6.92 Å². The number of allylic oxidation sites excluding steroid dienone is 2. The molecule has 0 fully saturated rings. The molecule has 0 saturated carbocycles. The lowest BCUT2D eigenvalue weighted by Crippen LogP contribution is -2.29. The minimum Gasteiger partial charge on any atom is -0.461 e. The lowest BCUT2D eigenvalue weighted by atomic mass is 10.1. The van der Waals surface area contributed by atoms with E-state index in [1.165, 1.54) is 6.08 Å². The van der Waals surface area contributed by atoms with Gasteiger partial charge in [-0.25, -0.2) is 4.79 Å². The van der Waals surface area contributed by atoms with Gasteiger partial charge in [0.2, 0.25) is 0 Å². The minimum atomic E-state index is -0.641. The molecule has 0 aromatic heterocycles. The van der Waals surface area contributed by atoms with Gasteiger partial charge in [-0.3, -0.25) is 10.2 Å². The van der Waals surface area contributed by atoms with Gasteiger partial charge >= 0.3 is 5.97 Å². The maximum atomic E-state index is 11.8. The number of hydrogen-bond acceptors (Lipinski definition) is 5. The third-order valence-corrected chi connectivity index (χ3v) is 2.15. The topological polar surface area (TPSA) is 93.8 Å². The van der Waals surface area contributed by atoms with Crippen molar-refractivity contribution in [3.63, 3.8) is 0 Å². The van der Waals surface area contributed by atoms with Gasteiger partial charge in [0.05, 0.1) is 13.0 Å². The predicted octanol–water partition coefficient (Wildman–Crippen LogP) is 1.44. The van der Waals surface area contributed by atoms with Crippen LogP contribution >= 0.6 is 12.2 Å². The summed E-state index contributed by atoms with van der Waals surface area (Å²) in [5, 5.41) is 3.64. The third-order valence-electron chi connectivity index (χ3n) is 2.06. The quantitative estimate of drug-likeness (QED) is 0.176. The Kier molecular flexibility index (Phi) is 9.19. The van der Waals surface area contributed by atoms with E-state index in [0.29, 0.717) is 0 Å². The number of esters is 1. The molecule has 0 aliphatic carbocycles. The maximum Gasteiger partial charge on any atom is 0.354 e. The number of hydrogen-bond donors (Lipinski definition) is 2. The number of nitrogens with zero attached hydrogens (tertiary/aromatic N) is 1. The molecule has 0 amide bonds. The average molecular weight is 299 g/mol. The second-order valence-electron chi connectivity index (χ2n) is 4.39. The molecule has 0 heterocycles. The SMILES string of the molecule is CCCCOC(=O)/C(CC(=O)C=C(C)C)=N\NC(N)=S. The first-order valence-electron chi connectivity index (χ1n) is 6.33. The first-order valence-corrected chi connectivity index (χ1v) is 6.74. The Hall–Kier alpha value is -1.76. The molecule has 0 aromatic carbocycles. The van der Waals surface area contributed by atoms with Crippen LogP contribution in [0.25, 0.3) is 0 Å². The highest BCUT2D eigenvalue weighted by atomic mass is 32.1. The van der Waals surface area contributed by atoms with Crippen LogP contribution < -0.4 is 11.2 Å². The number of ether oxygens (including phenoxy) is 1. The van der Waals surface area contributed by atoms with E-state index in [1.54, 1.807) is 13.8 Å². The molecule has 0 rings (SSSR count). The van der Waals surface area contributed by atoms with Gasteiger partial charge < -0.3 is 10.5 Å². The normalized spacial score (nSPS) is 10.7. The van der Waals surface area contributed by atoms with Crippen molar-refractivity contribution in [1.82, 2.24) is 5.43 Å². The first kappa shape index (κ1) is 18.2. The second kappa shape index (κ2) is 10.1. The van der Waals surface area contributed by atoms with Crippen molar-refractivity contribution >= 4 is 34.8 Å². The molecule has 0 spiro atoms. The molecule has 0 aromatic rings. The molecule has 6 nitrogen and oxygen atoms in total. The van der Waals surface area contributed by atoms with Crippen molar-refractivity contribution in [2.45, 2.75) is 40.0 Å². The number of nitrogens with one attached hydrogen (secondary N) is 1. The number of ketones is 1. The molecule has 0 atom stereocenters. The van der Waals surface area contributed by atoms with E-state index in [0.717, 1.165) is 18.4 Å². The number of unbranched alkanes of at least 4 members (excludes halogenated alkanes) is 1. The van der Waals surface area contributed by atoms with Gasteiger partial charge in [-0.1, -0.05) is 18.9 Å².